The van der Waals surface area contributed by atoms with Crippen LogP contribution < -0.4 is 26.9 Å². The van der Waals surface area contributed by atoms with Gasteiger partial charge in [0.05, 0.1) is 16.6 Å². The third-order valence-corrected chi connectivity index (χ3v) is 8.58. The van der Waals surface area contributed by atoms with Crippen LogP contribution in [0.2, 0.25) is 0 Å². The number of thioether (sulfide) groups is 1. The highest BCUT2D eigenvalue weighted by Gasteiger charge is 2.24. The van der Waals surface area contributed by atoms with Crippen LogP contribution in [0.3, 0.4) is 0 Å². The van der Waals surface area contributed by atoms with Crippen molar-refractivity contribution in [3.63, 3.8) is 0 Å². The molecule has 2 atom stereocenters. The third-order valence-electron chi connectivity index (χ3n) is 7.08. The lowest BCUT2D eigenvalue weighted by atomic mass is 9.97. The summed E-state index contributed by atoms with van der Waals surface area (Å²) in [4.78, 5) is 6.02. The van der Waals surface area contributed by atoms with E-state index in [1.807, 2.05) is 109 Å². The molecular formula is C37H33N7S2. The molecule has 1 aliphatic heterocycles. The van der Waals surface area contributed by atoms with E-state index in [4.69, 9.17) is 22.3 Å². The van der Waals surface area contributed by atoms with Crippen LogP contribution in [-0.2, 0) is 0 Å². The molecule has 0 aromatic heterocycles. The van der Waals surface area contributed by atoms with Crippen molar-refractivity contribution < 1.29 is 0 Å². The first-order valence-corrected chi connectivity index (χ1v) is 16.2. The standard InChI is InChI=1S/C37H33N7S2/c45-37(39-30-21-11-4-12-22-30)40-31-23-13-14-24-33(31)46-32(27-15-5-1-6-16-27)25-26-38-43-36-41-34(28-17-7-2-8-18-28)35(42-44-36)29-19-9-3-10-20-29/h1-26,32,34,38H,(H2,39,40,45)(H2,41,43,44)/b26-25+/t32-,34+/m0/s1. The van der Waals surface area contributed by atoms with E-state index >= 15 is 0 Å². The number of anilines is 2. The number of guanidine groups is 1. The molecular weight excluding hydrogens is 607 g/mol. The molecule has 0 bridgehead atoms. The highest BCUT2D eigenvalue weighted by Crippen LogP contribution is 2.40. The quantitative estimate of drug-likeness (QED) is 0.0601. The van der Waals surface area contributed by atoms with Gasteiger partial charge in [0.2, 0.25) is 5.96 Å². The molecule has 7 nitrogen and oxygen atoms in total. The zero-order valence-electron chi connectivity index (χ0n) is 24.9. The summed E-state index contributed by atoms with van der Waals surface area (Å²) >= 11 is 7.34. The minimum absolute atomic E-state index is 0.00938. The van der Waals surface area contributed by atoms with Crippen molar-refractivity contribution in [2.24, 2.45) is 10.1 Å². The summed E-state index contributed by atoms with van der Waals surface area (Å²) in [6.45, 7) is 0. The van der Waals surface area contributed by atoms with Crippen LogP contribution in [0.15, 0.2) is 173 Å². The van der Waals surface area contributed by atoms with Crippen LogP contribution in [0, 0.1) is 0 Å². The fourth-order valence-corrected chi connectivity index (χ4v) is 6.23. The summed E-state index contributed by atoms with van der Waals surface area (Å²) in [6, 6.07) is 48.5. The Hall–Kier alpha value is -5.38. The largest absolute Gasteiger partial charge is 0.332 e. The van der Waals surface area contributed by atoms with Gasteiger partial charge < -0.3 is 16.1 Å². The number of thiocarbonyl (C=S) groups is 1. The van der Waals surface area contributed by atoms with Crippen LogP contribution in [0.1, 0.15) is 28.0 Å². The van der Waals surface area contributed by atoms with Crippen LogP contribution in [0.25, 0.3) is 0 Å². The summed E-state index contributed by atoms with van der Waals surface area (Å²) in [5.74, 6) is 0.524. The summed E-state index contributed by atoms with van der Waals surface area (Å²) < 4.78 is 0. The first kappa shape index (κ1) is 30.6. The molecule has 0 radical (unpaired) electrons. The van der Waals surface area contributed by atoms with E-state index in [0.29, 0.717) is 11.1 Å². The molecule has 46 heavy (non-hydrogen) atoms. The Bertz CT molecular complexity index is 1810. The van der Waals surface area contributed by atoms with E-state index in [-0.39, 0.29) is 11.3 Å². The predicted octanol–water partition coefficient (Wildman–Crippen LogP) is 8.04. The average molecular weight is 640 g/mol. The minimum atomic E-state index is -0.253. The molecule has 5 aromatic rings. The second-order valence-electron chi connectivity index (χ2n) is 10.3. The van der Waals surface area contributed by atoms with Crippen molar-refractivity contribution in [2.75, 3.05) is 10.6 Å². The maximum absolute atomic E-state index is 5.62. The number of nitrogens with zero attached hydrogens (tertiary/aromatic N) is 2. The van der Waals surface area contributed by atoms with E-state index in [9.17, 15) is 0 Å². The number of hydrogen-bond donors (Lipinski definition) is 5. The summed E-state index contributed by atoms with van der Waals surface area (Å²) in [5.41, 5.74) is 15.4. The van der Waals surface area contributed by atoms with E-state index in [1.54, 1.807) is 11.8 Å². The lowest BCUT2D eigenvalue weighted by Gasteiger charge is -2.23. The maximum Gasteiger partial charge on any atom is 0.232 e. The van der Waals surface area contributed by atoms with Crippen molar-refractivity contribution in [1.29, 1.82) is 0 Å². The van der Waals surface area contributed by atoms with Gasteiger partial charge in [-0.15, -0.1) is 11.8 Å². The maximum atomic E-state index is 5.62. The van der Waals surface area contributed by atoms with Crippen LogP contribution in [0.4, 0.5) is 11.4 Å². The van der Waals surface area contributed by atoms with Gasteiger partial charge in [0.1, 0.15) is 6.04 Å². The van der Waals surface area contributed by atoms with Gasteiger partial charge in [-0.25, -0.2) is 10.4 Å². The Labute approximate surface area is 278 Å². The van der Waals surface area contributed by atoms with Crippen molar-refractivity contribution >= 4 is 52.1 Å². The zero-order chi connectivity index (χ0) is 31.4. The van der Waals surface area contributed by atoms with Crippen molar-refractivity contribution in [2.45, 2.75) is 16.2 Å². The Morgan fingerprint density at radius 2 is 1.37 bits per heavy atom. The molecule has 6 rings (SSSR count). The molecule has 5 aromatic carbocycles. The number of aliphatic imine (C=N–C) groups is 1. The fraction of sp³-hybridized carbons (Fsp3) is 0.0541. The van der Waals surface area contributed by atoms with E-state index in [0.717, 1.165) is 33.1 Å². The highest BCUT2D eigenvalue weighted by atomic mass is 32.2. The number of hydrazone groups is 1. The van der Waals surface area contributed by atoms with Gasteiger partial charge >= 0.3 is 0 Å². The number of rotatable bonds is 10. The molecule has 0 aliphatic carbocycles. The lowest BCUT2D eigenvalue weighted by molar-refractivity contribution is 0.735. The fourth-order valence-electron chi connectivity index (χ4n) is 4.88. The first-order chi connectivity index (χ1) is 22.7. The number of hydrazine groups is 1. The van der Waals surface area contributed by atoms with Crippen LogP contribution in [-0.4, -0.2) is 16.8 Å². The summed E-state index contributed by atoms with van der Waals surface area (Å²) in [6.07, 6.45) is 4.00. The molecule has 0 amide bonds. The second-order valence-corrected chi connectivity index (χ2v) is 11.9. The topological polar surface area (TPSA) is 84.9 Å². The SMILES string of the molecule is S=C(Nc1ccccc1)Nc1ccccc1S[C@@H](/C=C/NNC1=N[C@H](c2ccccc2)C(c2ccccc2)=NN1)c1ccccc1. The molecule has 9 heteroatoms. The van der Waals surface area contributed by atoms with Gasteiger partial charge in [-0.2, -0.15) is 5.10 Å². The van der Waals surface area contributed by atoms with Crippen molar-refractivity contribution in [1.82, 2.24) is 16.3 Å². The van der Waals surface area contributed by atoms with E-state index in [2.05, 4.69) is 75.5 Å². The monoisotopic (exact) mass is 639 g/mol. The van der Waals surface area contributed by atoms with Gasteiger partial charge in [0.15, 0.2) is 5.11 Å². The van der Waals surface area contributed by atoms with Crippen LogP contribution in [0.5, 0.6) is 0 Å². The smallest absolute Gasteiger partial charge is 0.232 e. The van der Waals surface area contributed by atoms with Crippen molar-refractivity contribution in [3.8, 4) is 0 Å². The molecule has 0 spiro atoms. The van der Waals surface area contributed by atoms with Gasteiger partial charge in [-0.3, -0.25) is 5.43 Å². The molecule has 5 N–H and O–H groups in total. The highest BCUT2D eigenvalue weighted by molar-refractivity contribution is 7.99. The zero-order valence-corrected chi connectivity index (χ0v) is 26.5. The van der Waals surface area contributed by atoms with E-state index < -0.39 is 0 Å². The Kier molecular flexibility index (Phi) is 10.4. The minimum Gasteiger partial charge on any atom is -0.332 e. The van der Waals surface area contributed by atoms with Crippen molar-refractivity contribution in [3.05, 3.63) is 175 Å². The Morgan fingerprint density at radius 3 is 2.11 bits per heavy atom. The van der Waals surface area contributed by atoms with Gasteiger partial charge in [-0.1, -0.05) is 121 Å². The Balaban J connectivity index is 1.15. The molecule has 228 valence electrons. The predicted molar refractivity (Wildman–Crippen MR) is 196 cm³/mol. The molecule has 1 heterocycles. The number of hydrogen-bond acceptors (Lipinski definition) is 7. The molecule has 0 unspecified atom stereocenters. The number of para-hydroxylation sites is 2. The molecule has 0 saturated heterocycles. The first-order valence-electron chi connectivity index (χ1n) is 14.9. The Morgan fingerprint density at radius 1 is 0.739 bits per heavy atom. The van der Waals surface area contributed by atoms with Gasteiger partial charge in [-0.05, 0) is 53.7 Å². The van der Waals surface area contributed by atoms with Gasteiger partial charge in [0, 0.05) is 22.3 Å². The van der Waals surface area contributed by atoms with Crippen LogP contribution >= 0.6 is 24.0 Å². The molecule has 0 saturated carbocycles. The van der Waals surface area contributed by atoms with E-state index in [1.165, 1.54) is 5.56 Å². The molecule has 1 aliphatic rings. The normalized spacial score (nSPS) is 14.7. The number of benzene rings is 5. The molecule has 0 fully saturated rings. The number of nitrogens with one attached hydrogen (secondary N) is 5. The summed E-state index contributed by atoms with van der Waals surface area (Å²) in [7, 11) is 0. The third kappa shape index (κ3) is 8.20. The lowest BCUT2D eigenvalue weighted by Crippen LogP contribution is -2.44. The average Bonchev–Trinajstić information content (AvgIpc) is 3.12. The van der Waals surface area contributed by atoms with Gasteiger partial charge in [0.25, 0.3) is 0 Å². The second kappa shape index (κ2) is 15.6. The summed E-state index contributed by atoms with van der Waals surface area (Å²) in [5, 5.41) is 11.9.